The first-order valence-electron chi connectivity index (χ1n) is 11.0. The summed E-state index contributed by atoms with van der Waals surface area (Å²) >= 11 is 0. The lowest BCUT2D eigenvalue weighted by molar-refractivity contribution is -0.152. The van der Waals surface area contributed by atoms with Crippen molar-refractivity contribution in [3.8, 4) is 11.5 Å². The minimum Gasteiger partial charge on any atom is -0.493 e. The van der Waals surface area contributed by atoms with Crippen molar-refractivity contribution >= 4 is 17.7 Å². The van der Waals surface area contributed by atoms with E-state index in [2.05, 4.69) is 5.32 Å². The Balaban J connectivity index is 1.86. The summed E-state index contributed by atoms with van der Waals surface area (Å²) in [4.78, 5) is 39.6. The molecule has 0 unspecified atom stereocenters. The molecule has 172 valence electrons. The summed E-state index contributed by atoms with van der Waals surface area (Å²) in [5.41, 5.74) is 2.52. The number of ether oxygens (including phenoxy) is 3. The van der Waals surface area contributed by atoms with Crippen LogP contribution in [0.2, 0.25) is 0 Å². The zero-order valence-corrected chi connectivity index (χ0v) is 18.9. The molecule has 33 heavy (non-hydrogen) atoms. The van der Waals surface area contributed by atoms with Gasteiger partial charge < -0.3 is 19.5 Å². The van der Waals surface area contributed by atoms with E-state index >= 15 is 0 Å². The number of methoxy groups -OCH3 is 2. The van der Waals surface area contributed by atoms with E-state index in [0.717, 1.165) is 5.56 Å². The van der Waals surface area contributed by atoms with Gasteiger partial charge in [-0.2, -0.15) is 0 Å². The number of benzene rings is 2. The van der Waals surface area contributed by atoms with Gasteiger partial charge in [-0.15, -0.1) is 0 Å². The zero-order valence-electron chi connectivity index (χ0n) is 18.9. The van der Waals surface area contributed by atoms with Gasteiger partial charge in [-0.1, -0.05) is 42.5 Å². The monoisotopic (exact) mass is 449 g/mol. The van der Waals surface area contributed by atoms with Crippen LogP contribution in [0.1, 0.15) is 42.7 Å². The standard InChI is InChI=1S/C26H27NO6/c1-4-33-26(30)23-17(15-9-6-5-7-10-15)13-19-22(24(23)29)18(14-21(28)27-19)16-11-8-12-20(31-2)25(16)32-3/h5-12,17-18,23H,4,13-14H2,1-3H3,(H,27,28)/t17-,18-,23-/m0/s1. The van der Waals surface area contributed by atoms with E-state index in [1.54, 1.807) is 19.1 Å². The third kappa shape index (κ3) is 4.11. The van der Waals surface area contributed by atoms with Gasteiger partial charge in [-0.05, 0) is 25.0 Å². The first kappa shape index (κ1) is 22.6. The van der Waals surface area contributed by atoms with Gasteiger partial charge in [0.05, 0.1) is 20.8 Å². The van der Waals surface area contributed by atoms with Crippen molar-refractivity contribution in [2.24, 2.45) is 5.92 Å². The number of esters is 1. The van der Waals surface area contributed by atoms with E-state index in [1.807, 2.05) is 36.4 Å². The normalized spacial score (nSPS) is 22.3. The number of allylic oxidation sites excluding steroid dienone is 2. The number of nitrogens with one attached hydrogen (secondary N) is 1. The molecular weight excluding hydrogens is 422 g/mol. The smallest absolute Gasteiger partial charge is 0.317 e. The molecule has 0 aromatic heterocycles. The van der Waals surface area contributed by atoms with Crippen LogP contribution in [0.5, 0.6) is 11.5 Å². The molecule has 1 aliphatic heterocycles. The molecule has 4 rings (SSSR count). The lowest BCUT2D eigenvalue weighted by Crippen LogP contribution is -2.44. The first-order valence-corrected chi connectivity index (χ1v) is 11.0. The Hall–Kier alpha value is -3.61. The van der Waals surface area contributed by atoms with Gasteiger partial charge in [0.1, 0.15) is 5.92 Å². The maximum absolute atomic E-state index is 13.9. The number of Topliss-reactive ketones (excluding diaryl/α,β-unsaturated/α-hetero) is 1. The highest BCUT2D eigenvalue weighted by atomic mass is 16.5. The van der Waals surface area contributed by atoms with Crippen LogP contribution >= 0.6 is 0 Å². The summed E-state index contributed by atoms with van der Waals surface area (Å²) in [6, 6.07) is 14.8. The van der Waals surface area contributed by atoms with Crippen LogP contribution in [0.3, 0.4) is 0 Å². The van der Waals surface area contributed by atoms with Gasteiger partial charge >= 0.3 is 5.97 Å². The molecule has 1 N–H and O–H groups in total. The number of carbonyl (C=O) groups is 3. The van der Waals surface area contributed by atoms with Crippen molar-refractivity contribution in [2.45, 2.75) is 31.6 Å². The van der Waals surface area contributed by atoms with Crippen LogP contribution in [-0.4, -0.2) is 38.5 Å². The first-order chi connectivity index (χ1) is 16.0. The number of rotatable bonds is 6. The molecule has 0 saturated carbocycles. The number of hydrogen-bond acceptors (Lipinski definition) is 6. The molecule has 0 bridgehead atoms. The fraction of sp³-hybridized carbons (Fsp3) is 0.346. The van der Waals surface area contributed by atoms with Crippen LogP contribution in [0.4, 0.5) is 0 Å². The molecule has 2 aromatic carbocycles. The van der Waals surface area contributed by atoms with Gasteiger partial charge in [-0.25, -0.2) is 0 Å². The highest BCUT2D eigenvalue weighted by molar-refractivity contribution is 6.12. The second kappa shape index (κ2) is 9.48. The Morgan fingerprint density at radius 3 is 2.42 bits per heavy atom. The summed E-state index contributed by atoms with van der Waals surface area (Å²) in [5, 5.41) is 2.90. The number of ketones is 1. The van der Waals surface area contributed by atoms with Crippen molar-refractivity contribution in [3.63, 3.8) is 0 Å². The Labute approximate surface area is 192 Å². The largest absolute Gasteiger partial charge is 0.493 e. The molecular formula is C26H27NO6. The van der Waals surface area contributed by atoms with Gasteiger partial charge in [-0.3, -0.25) is 14.4 Å². The third-order valence-corrected chi connectivity index (χ3v) is 6.30. The van der Waals surface area contributed by atoms with Crippen molar-refractivity contribution in [1.29, 1.82) is 0 Å². The lowest BCUT2D eigenvalue weighted by atomic mass is 9.68. The van der Waals surface area contributed by atoms with Crippen LogP contribution in [-0.2, 0) is 19.1 Å². The van der Waals surface area contributed by atoms with Gasteiger partial charge in [0.25, 0.3) is 0 Å². The SMILES string of the molecule is CCOC(=O)[C@@H]1C(=O)C2=C(C[C@H]1c1ccccc1)NC(=O)C[C@H]2c1cccc(OC)c1OC. The Morgan fingerprint density at radius 2 is 1.76 bits per heavy atom. The average Bonchev–Trinajstić information content (AvgIpc) is 2.83. The van der Waals surface area contributed by atoms with Crippen LogP contribution < -0.4 is 14.8 Å². The number of amides is 1. The summed E-state index contributed by atoms with van der Waals surface area (Å²) in [7, 11) is 3.06. The lowest BCUT2D eigenvalue weighted by Gasteiger charge is -2.38. The van der Waals surface area contributed by atoms with E-state index in [1.165, 1.54) is 14.2 Å². The number of para-hydroxylation sites is 1. The fourth-order valence-corrected chi connectivity index (χ4v) is 4.92. The topological polar surface area (TPSA) is 90.9 Å². The molecule has 7 nitrogen and oxygen atoms in total. The molecule has 7 heteroatoms. The molecule has 1 heterocycles. The molecule has 1 aliphatic carbocycles. The van der Waals surface area contributed by atoms with Crippen LogP contribution in [0, 0.1) is 5.92 Å². The van der Waals surface area contributed by atoms with Crippen molar-refractivity contribution in [1.82, 2.24) is 5.32 Å². The number of carbonyl (C=O) groups excluding carboxylic acids is 3. The predicted molar refractivity (Wildman–Crippen MR) is 121 cm³/mol. The highest BCUT2D eigenvalue weighted by Crippen LogP contribution is 2.48. The van der Waals surface area contributed by atoms with Crippen LogP contribution in [0.25, 0.3) is 0 Å². The maximum Gasteiger partial charge on any atom is 0.317 e. The summed E-state index contributed by atoms with van der Waals surface area (Å²) < 4.78 is 16.3. The zero-order chi connectivity index (χ0) is 23.5. The summed E-state index contributed by atoms with van der Waals surface area (Å²) in [6.07, 6.45) is 0.419. The molecule has 3 atom stereocenters. The van der Waals surface area contributed by atoms with E-state index in [0.29, 0.717) is 34.8 Å². The van der Waals surface area contributed by atoms with E-state index < -0.39 is 23.7 Å². The van der Waals surface area contributed by atoms with Gasteiger partial charge in [0.15, 0.2) is 17.3 Å². The van der Waals surface area contributed by atoms with E-state index in [-0.39, 0.29) is 24.7 Å². The van der Waals surface area contributed by atoms with Crippen molar-refractivity contribution in [2.75, 3.05) is 20.8 Å². The van der Waals surface area contributed by atoms with Gasteiger partial charge in [0, 0.05) is 35.1 Å². The molecule has 2 aromatic rings. The molecule has 1 amide bonds. The third-order valence-electron chi connectivity index (χ3n) is 6.30. The van der Waals surface area contributed by atoms with Crippen molar-refractivity contribution < 1.29 is 28.6 Å². The number of hydrogen-bond donors (Lipinski definition) is 1. The van der Waals surface area contributed by atoms with Gasteiger partial charge in [0.2, 0.25) is 5.91 Å². The maximum atomic E-state index is 13.9. The van der Waals surface area contributed by atoms with E-state index in [4.69, 9.17) is 14.2 Å². The van der Waals surface area contributed by atoms with E-state index in [9.17, 15) is 14.4 Å². The minimum atomic E-state index is -0.986. The molecule has 0 spiro atoms. The second-order valence-corrected chi connectivity index (χ2v) is 8.10. The second-order valence-electron chi connectivity index (χ2n) is 8.10. The Morgan fingerprint density at radius 1 is 1.00 bits per heavy atom. The Kier molecular flexibility index (Phi) is 6.49. The Bertz CT molecular complexity index is 1110. The fourth-order valence-electron chi connectivity index (χ4n) is 4.92. The van der Waals surface area contributed by atoms with Crippen LogP contribution in [0.15, 0.2) is 59.8 Å². The molecule has 0 radical (unpaired) electrons. The summed E-state index contributed by atoms with van der Waals surface area (Å²) in [6.45, 7) is 1.90. The highest BCUT2D eigenvalue weighted by Gasteiger charge is 2.48. The summed E-state index contributed by atoms with van der Waals surface area (Å²) in [5.74, 6) is -2.04. The molecule has 0 saturated heterocycles. The quantitative estimate of drug-likeness (QED) is 0.536. The molecule has 0 fully saturated rings. The minimum absolute atomic E-state index is 0.0691. The average molecular weight is 450 g/mol. The predicted octanol–water partition coefficient (Wildman–Crippen LogP) is 3.50. The van der Waals surface area contributed by atoms with Crippen molar-refractivity contribution in [3.05, 3.63) is 70.9 Å². The molecule has 2 aliphatic rings.